The van der Waals surface area contributed by atoms with Gasteiger partial charge in [-0.05, 0) is 49.7 Å². The summed E-state index contributed by atoms with van der Waals surface area (Å²) in [5.41, 5.74) is 2.53. The summed E-state index contributed by atoms with van der Waals surface area (Å²) in [6.45, 7) is 2.88. The molecule has 1 aromatic rings. The number of para-hydroxylation sites is 1. The van der Waals surface area contributed by atoms with Crippen LogP contribution in [0.1, 0.15) is 44.1 Å². The smallest absolute Gasteiger partial charge is 0.239 e. The zero-order valence-electron chi connectivity index (χ0n) is 16.6. The van der Waals surface area contributed by atoms with Crippen LogP contribution in [0.5, 0.6) is 0 Å². The van der Waals surface area contributed by atoms with Gasteiger partial charge in [0.15, 0.2) is 0 Å². The van der Waals surface area contributed by atoms with Crippen LogP contribution in [0.3, 0.4) is 0 Å². The van der Waals surface area contributed by atoms with Gasteiger partial charge in [0.2, 0.25) is 11.8 Å². The second kappa shape index (κ2) is 7.41. The quantitative estimate of drug-likeness (QED) is 0.853. The van der Waals surface area contributed by atoms with Gasteiger partial charge < -0.3 is 15.1 Å². The molecule has 0 bridgehead atoms. The molecule has 5 heteroatoms. The molecule has 3 fully saturated rings. The molecule has 2 aliphatic carbocycles. The third-order valence-corrected chi connectivity index (χ3v) is 7.27. The number of nitrogens with one attached hydrogen (secondary N) is 1. The molecule has 2 atom stereocenters. The van der Waals surface area contributed by atoms with Crippen molar-refractivity contribution in [3.63, 3.8) is 0 Å². The number of nitrogens with zero attached hydrogens (tertiary/aromatic N) is 2. The first-order chi connectivity index (χ1) is 13.7. The molecule has 4 aliphatic rings. The van der Waals surface area contributed by atoms with E-state index in [1.807, 2.05) is 6.07 Å². The molecule has 2 aliphatic heterocycles. The fourth-order valence-electron chi connectivity index (χ4n) is 5.59. The summed E-state index contributed by atoms with van der Waals surface area (Å²) >= 11 is 0. The van der Waals surface area contributed by atoms with Crippen molar-refractivity contribution in [1.29, 1.82) is 0 Å². The van der Waals surface area contributed by atoms with Crippen LogP contribution in [0, 0.1) is 17.8 Å². The van der Waals surface area contributed by atoms with Crippen molar-refractivity contribution in [3.05, 3.63) is 29.8 Å². The lowest BCUT2D eigenvalue weighted by atomic mass is 9.98. The molecule has 2 heterocycles. The topological polar surface area (TPSA) is 52.7 Å². The summed E-state index contributed by atoms with van der Waals surface area (Å²) in [4.78, 5) is 30.0. The number of likely N-dealkylation sites (tertiary alicyclic amines) is 1. The molecule has 5 nitrogen and oxygen atoms in total. The van der Waals surface area contributed by atoms with Crippen molar-refractivity contribution in [1.82, 2.24) is 10.2 Å². The molecule has 0 aromatic heterocycles. The first-order valence-corrected chi connectivity index (χ1v) is 11.1. The summed E-state index contributed by atoms with van der Waals surface area (Å²) < 4.78 is 0. The lowest BCUT2D eigenvalue weighted by molar-refractivity contribution is -0.134. The molecule has 2 amide bonds. The Hall–Kier alpha value is -2.04. The molecule has 0 radical (unpaired) electrons. The monoisotopic (exact) mass is 381 g/mol. The van der Waals surface area contributed by atoms with Crippen molar-refractivity contribution >= 4 is 17.5 Å². The highest BCUT2D eigenvalue weighted by molar-refractivity contribution is 5.83. The molecule has 2 saturated carbocycles. The highest BCUT2D eigenvalue weighted by Gasteiger charge is 2.45. The van der Waals surface area contributed by atoms with E-state index in [9.17, 15) is 9.59 Å². The van der Waals surface area contributed by atoms with Gasteiger partial charge in [0.25, 0.3) is 0 Å². The van der Waals surface area contributed by atoms with Gasteiger partial charge >= 0.3 is 0 Å². The van der Waals surface area contributed by atoms with E-state index in [0.717, 1.165) is 32.4 Å². The third kappa shape index (κ3) is 3.51. The minimum atomic E-state index is 0.0996. The van der Waals surface area contributed by atoms with Crippen LogP contribution in [0.15, 0.2) is 24.3 Å². The van der Waals surface area contributed by atoms with E-state index < -0.39 is 0 Å². The molecule has 150 valence electrons. The second-order valence-corrected chi connectivity index (χ2v) is 9.20. The van der Waals surface area contributed by atoms with Crippen molar-refractivity contribution in [3.8, 4) is 0 Å². The van der Waals surface area contributed by atoms with E-state index in [-0.39, 0.29) is 17.9 Å². The Morgan fingerprint density at radius 3 is 2.61 bits per heavy atom. The van der Waals surface area contributed by atoms with Crippen LogP contribution in [0.25, 0.3) is 0 Å². The number of rotatable bonds is 5. The van der Waals surface area contributed by atoms with Crippen molar-refractivity contribution < 1.29 is 9.59 Å². The average molecular weight is 382 g/mol. The van der Waals surface area contributed by atoms with Gasteiger partial charge in [-0.2, -0.15) is 0 Å². The Labute approximate surface area is 167 Å². The minimum absolute atomic E-state index is 0.0996. The van der Waals surface area contributed by atoms with Crippen LogP contribution in [0.2, 0.25) is 0 Å². The van der Waals surface area contributed by atoms with E-state index >= 15 is 0 Å². The predicted molar refractivity (Wildman–Crippen MR) is 109 cm³/mol. The number of fused-ring (bicyclic) bond motifs is 1. The Morgan fingerprint density at radius 2 is 1.82 bits per heavy atom. The zero-order chi connectivity index (χ0) is 19.1. The fourth-order valence-corrected chi connectivity index (χ4v) is 5.59. The molecular weight excluding hydrogens is 350 g/mol. The van der Waals surface area contributed by atoms with Crippen molar-refractivity contribution in [2.45, 2.75) is 51.0 Å². The molecule has 5 rings (SSSR count). The first kappa shape index (κ1) is 18.0. The van der Waals surface area contributed by atoms with Crippen LogP contribution in [-0.2, 0) is 16.0 Å². The van der Waals surface area contributed by atoms with Crippen LogP contribution >= 0.6 is 0 Å². The van der Waals surface area contributed by atoms with Crippen LogP contribution in [0.4, 0.5) is 5.69 Å². The van der Waals surface area contributed by atoms with Crippen LogP contribution < -0.4 is 10.2 Å². The molecule has 0 unspecified atom stereocenters. The van der Waals surface area contributed by atoms with E-state index in [1.54, 1.807) is 0 Å². The molecule has 1 N–H and O–H groups in total. The normalized spacial score (nSPS) is 27.3. The predicted octanol–water partition coefficient (Wildman–Crippen LogP) is 2.59. The summed E-state index contributed by atoms with van der Waals surface area (Å²) in [6, 6.07) is 8.50. The van der Waals surface area contributed by atoms with Gasteiger partial charge in [-0.25, -0.2) is 0 Å². The van der Waals surface area contributed by atoms with E-state index in [4.69, 9.17) is 0 Å². The standard InChI is InChI=1S/C23H31N3O2/c27-22(15-25-12-11-17-5-3-4-8-21(17)25)24-20-14-26(13-19(20)16-9-10-16)23(28)18-6-1-2-7-18/h3-5,8,16,18-20H,1-2,6-7,9-15H2,(H,24,27)/t19-,20+/m0/s1. The van der Waals surface area contributed by atoms with Gasteiger partial charge in [-0.15, -0.1) is 0 Å². The summed E-state index contributed by atoms with van der Waals surface area (Å²) in [7, 11) is 0. The SMILES string of the molecule is O=C(CN1CCc2ccccc21)N[C@@H]1CN(C(=O)C2CCCC2)C[C@H]1C1CC1. The van der Waals surface area contributed by atoms with E-state index in [1.165, 1.54) is 36.9 Å². The Balaban J connectivity index is 1.21. The van der Waals surface area contributed by atoms with Gasteiger partial charge in [0.1, 0.15) is 0 Å². The number of amides is 2. The largest absolute Gasteiger partial charge is 0.362 e. The van der Waals surface area contributed by atoms with Gasteiger partial charge in [-0.1, -0.05) is 31.0 Å². The Bertz CT molecular complexity index is 754. The second-order valence-electron chi connectivity index (χ2n) is 9.20. The highest BCUT2D eigenvalue weighted by atomic mass is 16.2. The Morgan fingerprint density at radius 1 is 1.04 bits per heavy atom. The van der Waals surface area contributed by atoms with Gasteiger partial charge in [-0.3, -0.25) is 9.59 Å². The lowest BCUT2D eigenvalue weighted by Gasteiger charge is -2.23. The number of hydrogen-bond acceptors (Lipinski definition) is 3. The average Bonchev–Trinajstić information content (AvgIpc) is 3.10. The maximum absolute atomic E-state index is 12.9. The van der Waals surface area contributed by atoms with Crippen molar-refractivity contribution in [2.24, 2.45) is 17.8 Å². The summed E-state index contributed by atoms with van der Waals surface area (Å²) in [5.74, 6) is 1.81. The first-order valence-electron chi connectivity index (χ1n) is 11.1. The number of anilines is 1. The molecule has 1 aromatic carbocycles. The summed E-state index contributed by atoms with van der Waals surface area (Å²) in [5, 5.41) is 3.31. The number of carbonyl (C=O) groups is 2. The fraction of sp³-hybridized carbons (Fsp3) is 0.652. The Kier molecular flexibility index (Phi) is 4.77. The number of benzene rings is 1. The molecule has 0 spiro atoms. The third-order valence-electron chi connectivity index (χ3n) is 7.27. The lowest BCUT2D eigenvalue weighted by Crippen LogP contribution is -2.46. The van der Waals surface area contributed by atoms with Crippen LogP contribution in [-0.4, -0.2) is 48.9 Å². The van der Waals surface area contributed by atoms with E-state index in [0.29, 0.717) is 30.8 Å². The molecule has 28 heavy (non-hydrogen) atoms. The van der Waals surface area contributed by atoms with Gasteiger partial charge in [0.05, 0.1) is 12.6 Å². The highest BCUT2D eigenvalue weighted by Crippen LogP contribution is 2.42. The summed E-state index contributed by atoms with van der Waals surface area (Å²) in [6.07, 6.45) is 8.00. The molecular formula is C23H31N3O2. The maximum atomic E-state index is 12.9. The van der Waals surface area contributed by atoms with E-state index in [2.05, 4.69) is 33.3 Å². The zero-order valence-corrected chi connectivity index (χ0v) is 16.6. The molecule has 1 saturated heterocycles. The van der Waals surface area contributed by atoms with Gasteiger partial charge in [0, 0.05) is 37.2 Å². The number of hydrogen-bond donors (Lipinski definition) is 1. The maximum Gasteiger partial charge on any atom is 0.239 e. The minimum Gasteiger partial charge on any atom is -0.362 e. The number of carbonyl (C=O) groups excluding carboxylic acids is 2. The van der Waals surface area contributed by atoms with Crippen molar-refractivity contribution in [2.75, 3.05) is 31.1 Å².